The number of ketones is 1. The summed E-state index contributed by atoms with van der Waals surface area (Å²) < 4.78 is 5.45. The first kappa shape index (κ1) is 52.9. The van der Waals surface area contributed by atoms with Crippen molar-refractivity contribution < 1.29 is 44.7 Å². The van der Waals surface area contributed by atoms with Crippen LogP contribution in [0.4, 0.5) is 0 Å². The maximum absolute atomic E-state index is 13.7. The fraction of sp³-hybridized carbons (Fsp3) is 0.889. The molecule has 0 radical (unpaired) electrons. The Kier molecular flexibility index (Phi) is 29.8. The molecular formula is C36H77N10O9+. The van der Waals surface area contributed by atoms with E-state index in [0.717, 1.165) is 32.1 Å². The van der Waals surface area contributed by atoms with Gasteiger partial charge in [0.15, 0.2) is 12.2 Å². The van der Waals surface area contributed by atoms with Gasteiger partial charge in [-0.1, -0.05) is 32.6 Å². The van der Waals surface area contributed by atoms with E-state index in [1.807, 2.05) is 6.92 Å². The van der Waals surface area contributed by atoms with Crippen LogP contribution in [0.1, 0.15) is 112 Å². The highest BCUT2D eigenvalue weighted by Gasteiger charge is 2.34. The SMILES string of the molecule is CCCCCCCC(O)NC(CCCNC(N)NC)C(O)NC(CCCNC(N)N)C(=O)NC(CO)C(O)OC(C)C(=O)NC(CC(=O)[C+](C)CC)C(C)O. The molecule has 19 nitrogen and oxygen atoms in total. The molecule has 10 atom stereocenters. The quantitative estimate of drug-likeness (QED) is 0.0177. The lowest BCUT2D eigenvalue weighted by Crippen LogP contribution is -2.59. The monoisotopic (exact) mass is 794 g/mol. The normalized spacial score (nSPS) is 17.4. The lowest BCUT2D eigenvalue weighted by atomic mass is 9.95. The highest BCUT2D eigenvalue weighted by atomic mass is 16.6. The van der Waals surface area contributed by atoms with Gasteiger partial charge in [0.05, 0.1) is 44.6 Å². The number of aliphatic hydroxyl groups is 5. The minimum Gasteiger partial charge on any atom is -0.394 e. The van der Waals surface area contributed by atoms with Crippen molar-refractivity contribution in [1.82, 2.24) is 37.2 Å². The van der Waals surface area contributed by atoms with Gasteiger partial charge in [-0.15, -0.1) is 0 Å². The van der Waals surface area contributed by atoms with Crippen LogP contribution in [0.5, 0.6) is 0 Å². The van der Waals surface area contributed by atoms with Crippen LogP contribution in [0.15, 0.2) is 0 Å². The Hall–Kier alpha value is -2.08. The largest absolute Gasteiger partial charge is 0.394 e. The van der Waals surface area contributed by atoms with E-state index in [0.29, 0.717) is 51.1 Å². The molecule has 2 amide bonds. The molecule has 0 saturated heterocycles. The topological polar surface area (TPSA) is 324 Å². The Labute approximate surface area is 328 Å². The molecule has 0 aromatic carbocycles. The van der Waals surface area contributed by atoms with E-state index in [2.05, 4.69) is 44.1 Å². The first-order chi connectivity index (χ1) is 26.0. The summed E-state index contributed by atoms with van der Waals surface area (Å²) in [4.78, 5) is 39.0. The number of amides is 2. The van der Waals surface area contributed by atoms with E-state index in [-0.39, 0.29) is 18.6 Å². The maximum atomic E-state index is 13.7. The Morgan fingerprint density at radius 1 is 0.764 bits per heavy atom. The standard InChI is InChI=1S/C36H76N10O9/c1-7-9-10-11-12-17-30(50)43-25(15-14-19-42-36(39)40-6)32(52)44-26(16-13-18-41-35(37)38)33(53)46-28(21-47)34(54)55-24(5)31(51)45-27(23(4)48)20-29(49)22(3)8-2/h23-28,30,32,34-36,40-44,47-48,50,52,54H,7-21,37-39H2,1-6H3,(H-,45,46,51,53)/p+1. The number of nitrogens with one attached hydrogen (secondary N) is 7. The smallest absolute Gasteiger partial charge is 0.310 e. The third kappa shape index (κ3) is 24.3. The van der Waals surface area contributed by atoms with Crippen molar-refractivity contribution in [2.75, 3.05) is 26.7 Å². The van der Waals surface area contributed by atoms with Crippen LogP contribution < -0.4 is 54.4 Å². The van der Waals surface area contributed by atoms with Crippen molar-refractivity contribution in [1.29, 1.82) is 0 Å². The molecular weight excluding hydrogens is 716 g/mol. The third-order valence-electron chi connectivity index (χ3n) is 9.38. The van der Waals surface area contributed by atoms with Gasteiger partial charge in [-0.2, -0.15) is 0 Å². The van der Waals surface area contributed by atoms with Crippen LogP contribution in [0.2, 0.25) is 0 Å². The summed E-state index contributed by atoms with van der Waals surface area (Å²) in [7, 11) is 1.71. The van der Waals surface area contributed by atoms with E-state index in [4.69, 9.17) is 21.9 Å². The van der Waals surface area contributed by atoms with Crippen molar-refractivity contribution in [3.05, 3.63) is 5.92 Å². The molecule has 18 N–H and O–H groups in total. The zero-order chi connectivity index (χ0) is 41.9. The number of rotatable bonds is 35. The van der Waals surface area contributed by atoms with Gasteiger partial charge in [-0.25, -0.2) is 4.79 Å². The van der Waals surface area contributed by atoms with Gasteiger partial charge in [0.25, 0.3) is 0 Å². The fourth-order valence-corrected chi connectivity index (χ4v) is 5.54. The van der Waals surface area contributed by atoms with Crippen molar-refractivity contribution in [2.45, 2.75) is 179 Å². The fourth-order valence-electron chi connectivity index (χ4n) is 5.54. The number of ether oxygens (including phenoxy) is 1. The summed E-state index contributed by atoms with van der Waals surface area (Å²) >= 11 is 0. The van der Waals surface area contributed by atoms with Gasteiger partial charge in [-0.05, 0) is 79.4 Å². The molecule has 55 heavy (non-hydrogen) atoms. The van der Waals surface area contributed by atoms with E-state index < -0.39 is 86.1 Å². The maximum Gasteiger partial charge on any atom is 0.310 e. The van der Waals surface area contributed by atoms with Gasteiger partial charge < -0.3 is 58.1 Å². The Balaban J connectivity index is 5.81. The molecule has 19 heteroatoms. The molecule has 0 aromatic heterocycles. The average Bonchev–Trinajstić information content (AvgIpc) is 3.14. The minimum absolute atomic E-state index is 0.129. The van der Waals surface area contributed by atoms with Crippen molar-refractivity contribution in [3.63, 3.8) is 0 Å². The molecule has 0 aliphatic heterocycles. The molecule has 0 aromatic rings. The summed E-state index contributed by atoms with van der Waals surface area (Å²) in [5.74, 6) is -1.03. The van der Waals surface area contributed by atoms with Crippen LogP contribution in [0.3, 0.4) is 0 Å². The predicted molar refractivity (Wildman–Crippen MR) is 211 cm³/mol. The minimum atomic E-state index is -1.85. The van der Waals surface area contributed by atoms with Gasteiger partial charge in [0, 0.05) is 6.04 Å². The van der Waals surface area contributed by atoms with Crippen molar-refractivity contribution in [2.24, 2.45) is 17.2 Å². The first-order valence-corrected chi connectivity index (χ1v) is 19.9. The molecule has 0 spiro atoms. The lowest BCUT2D eigenvalue weighted by Gasteiger charge is -2.32. The zero-order valence-corrected chi connectivity index (χ0v) is 34.1. The molecule has 0 heterocycles. The molecule has 0 bridgehead atoms. The summed E-state index contributed by atoms with van der Waals surface area (Å²) in [6, 6.07) is -4.05. The number of carbonyl (C=O) groups excluding carboxylic acids is 3. The second-order valence-corrected chi connectivity index (χ2v) is 14.2. The average molecular weight is 794 g/mol. The molecule has 324 valence electrons. The van der Waals surface area contributed by atoms with Gasteiger partial charge in [-0.3, -0.25) is 36.2 Å². The number of hydrogen-bond donors (Lipinski definition) is 15. The third-order valence-corrected chi connectivity index (χ3v) is 9.38. The summed E-state index contributed by atoms with van der Waals surface area (Å²) in [6.45, 7) is 8.49. The van der Waals surface area contributed by atoms with E-state index in [1.165, 1.54) is 13.8 Å². The van der Waals surface area contributed by atoms with E-state index >= 15 is 0 Å². The van der Waals surface area contributed by atoms with E-state index in [1.54, 1.807) is 14.0 Å². The highest BCUT2D eigenvalue weighted by Crippen LogP contribution is 2.14. The van der Waals surface area contributed by atoms with Crippen LogP contribution >= 0.6 is 0 Å². The van der Waals surface area contributed by atoms with Crippen LogP contribution in [-0.4, -0.2) is 138 Å². The second kappa shape index (κ2) is 31.0. The van der Waals surface area contributed by atoms with Crippen LogP contribution in [0, 0.1) is 5.92 Å². The molecule has 0 rings (SSSR count). The van der Waals surface area contributed by atoms with Crippen LogP contribution in [-0.2, 0) is 19.1 Å². The van der Waals surface area contributed by atoms with Crippen molar-refractivity contribution in [3.8, 4) is 0 Å². The van der Waals surface area contributed by atoms with Crippen LogP contribution in [0.25, 0.3) is 0 Å². The molecule has 0 aliphatic rings. The number of nitrogens with two attached hydrogens (primary N) is 3. The molecule has 10 unspecified atom stereocenters. The van der Waals surface area contributed by atoms with Crippen molar-refractivity contribution >= 4 is 17.6 Å². The highest BCUT2D eigenvalue weighted by molar-refractivity contribution is 5.92. The summed E-state index contributed by atoms with van der Waals surface area (Å²) in [5, 5.41) is 73.4. The molecule has 0 saturated carbocycles. The molecule has 0 aliphatic carbocycles. The van der Waals surface area contributed by atoms with Gasteiger partial charge in [0.2, 0.25) is 11.8 Å². The predicted octanol–water partition coefficient (Wildman–Crippen LogP) is -2.67. The molecule has 0 fully saturated rings. The zero-order valence-electron chi connectivity index (χ0n) is 34.1. The van der Waals surface area contributed by atoms with E-state index in [9.17, 15) is 39.9 Å². The second-order valence-electron chi connectivity index (χ2n) is 14.2. The van der Waals surface area contributed by atoms with Gasteiger partial charge >= 0.3 is 5.78 Å². The van der Waals surface area contributed by atoms with Gasteiger partial charge in [0.1, 0.15) is 37.2 Å². The Morgan fingerprint density at radius 2 is 1.38 bits per heavy atom. The summed E-state index contributed by atoms with van der Waals surface area (Å²) in [5.41, 5.74) is 17.1. The number of carbonyl (C=O) groups is 3. The number of hydrogen-bond acceptors (Lipinski definition) is 17. The summed E-state index contributed by atoms with van der Waals surface area (Å²) in [6.07, 6.45) is -0.201. The lowest BCUT2D eigenvalue weighted by molar-refractivity contribution is -0.171. The Bertz CT molecular complexity index is 1020. The number of Topliss-reactive ketones (excluding diaryl/α,β-unsaturated/α-hetero) is 1. The first-order valence-electron chi connectivity index (χ1n) is 19.9. The Morgan fingerprint density at radius 3 is 1.96 bits per heavy atom. The number of aliphatic hydroxyl groups excluding tert-OH is 5. The number of unbranched alkanes of at least 4 members (excludes halogenated alkanes) is 4.